The number of aryl methyl sites for hydroxylation is 2. The van der Waals surface area contributed by atoms with Crippen LogP contribution in [0.25, 0.3) is 0 Å². The molecule has 0 fully saturated rings. The van der Waals surface area contributed by atoms with Gasteiger partial charge in [-0.15, -0.1) is 11.3 Å². The van der Waals surface area contributed by atoms with Crippen LogP contribution in [0.3, 0.4) is 0 Å². The zero-order valence-corrected chi connectivity index (χ0v) is 13.0. The summed E-state index contributed by atoms with van der Waals surface area (Å²) in [5, 5.41) is 3.61. The molecule has 21 heavy (non-hydrogen) atoms. The molecule has 2 heterocycles. The predicted molar refractivity (Wildman–Crippen MR) is 84.0 cm³/mol. The topological polar surface area (TPSA) is 51.2 Å². The highest BCUT2D eigenvalue weighted by Crippen LogP contribution is 2.28. The van der Waals surface area contributed by atoms with E-state index < -0.39 is 0 Å². The SMILES string of the molecule is CCc1nc(NC(=O)[C@@H]2COc3ccccc3C2)sc1C. The monoisotopic (exact) mass is 302 g/mol. The van der Waals surface area contributed by atoms with Gasteiger partial charge in [-0.05, 0) is 31.4 Å². The van der Waals surface area contributed by atoms with Crippen molar-refractivity contribution in [3.8, 4) is 5.75 Å². The Bertz CT molecular complexity index is 666. The number of benzene rings is 1. The van der Waals surface area contributed by atoms with Crippen LogP contribution in [0, 0.1) is 12.8 Å². The predicted octanol–water partition coefficient (Wildman–Crippen LogP) is 3.20. The van der Waals surface area contributed by atoms with Gasteiger partial charge in [0.15, 0.2) is 5.13 Å². The van der Waals surface area contributed by atoms with Gasteiger partial charge in [0.2, 0.25) is 5.91 Å². The molecular formula is C16H18N2O2S. The second kappa shape index (κ2) is 5.85. The van der Waals surface area contributed by atoms with Gasteiger partial charge in [-0.2, -0.15) is 0 Å². The molecule has 4 nitrogen and oxygen atoms in total. The molecule has 1 aliphatic rings. The lowest BCUT2D eigenvalue weighted by molar-refractivity contribution is -0.121. The summed E-state index contributed by atoms with van der Waals surface area (Å²) in [5.74, 6) is 0.718. The number of thiazole rings is 1. The smallest absolute Gasteiger partial charge is 0.233 e. The van der Waals surface area contributed by atoms with Crippen molar-refractivity contribution in [1.29, 1.82) is 0 Å². The van der Waals surface area contributed by atoms with Crippen molar-refractivity contribution in [3.63, 3.8) is 0 Å². The quantitative estimate of drug-likeness (QED) is 0.947. The minimum atomic E-state index is -0.158. The number of carbonyl (C=O) groups is 1. The summed E-state index contributed by atoms with van der Waals surface area (Å²) in [6.07, 6.45) is 1.60. The van der Waals surface area contributed by atoms with E-state index in [1.807, 2.05) is 31.2 Å². The first-order valence-corrected chi connectivity index (χ1v) is 7.97. The highest BCUT2D eigenvalue weighted by atomic mass is 32.1. The average molecular weight is 302 g/mol. The molecule has 0 saturated heterocycles. The zero-order chi connectivity index (χ0) is 14.8. The summed E-state index contributed by atoms with van der Waals surface area (Å²) in [6.45, 7) is 4.53. The Morgan fingerprint density at radius 2 is 2.29 bits per heavy atom. The first kappa shape index (κ1) is 14.1. The number of hydrogen-bond acceptors (Lipinski definition) is 4. The van der Waals surface area contributed by atoms with Crippen LogP contribution in [0.2, 0.25) is 0 Å². The molecule has 3 rings (SSSR count). The Hall–Kier alpha value is -1.88. The van der Waals surface area contributed by atoms with Crippen LogP contribution in [-0.4, -0.2) is 17.5 Å². The Morgan fingerprint density at radius 1 is 1.48 bits per heavy atom. The van der Waals surface area contributed by atoms with Crippen molar-refractivity contribution in [2.24, 2.45) is 5.92 Å². The largest absolute Gasteiger partial charge is 0.492 e. The van der Waals surface area contributed by atoms with Crippen LogP contribution in [-0.2, 0) is 17.6 Å². The minimum absolute atomic E-state index is 0.0130. The number of carbonyl (C=O) groups excluding carboxylic acids is 1. The lowest BCUT2D eigenvalue weighted by Crippen LogP contribution is -2.32. The van der Waals surface area contributed by atoms with Gasteiger partial charge in [0.1, 0.15) is 12.4 Å². The van der Waals surface area contributed by atoms with E-state index in [4.69, 9.17) is 4.74 Å². The van der Waals surface area contributed by atoms with E-state index >= 15 is 0 Å². The molecule has 1 atom stereocenters. The van der Waals surface area contributed by atoms with Crippen molar-refractivity contribution in [2.45, 2.75) is 26.7 Å². The molecule has 110 valence electrons. The summed E-state index contributed by atoms with van der Waals surface area (Å²) in [6, 6.07) is 7.88. The van der Waals surface area contributed by atoms with E-state index in [0.717, 1.165) is 28.3 Å². The van der Waals surface area contributed by atoms with Gasteiger partial charge < -0.3 is 10.1 Å². The van der Waals surface area contributed by atoms with Crippen molar-refractivity contribution in [2.75, 3.05) is 11.9 Å². The molecule has 0 saturated carbocycles. The third-order valence-electron chi connectivity index (χ3n) is 3.71. The van der Waals surface area contributed by atoms with E-state index in [1.165, 1.54) is 11.3 Å². The molecule has 1 N–H and O–H groups in total. The molecular weight excluding hydrogens is 284 g/mol. The lowest BCUT2D eigenvalue weighted by Gasteiger charge is -2.24. The van der Waals surface area contributed by atoms with Gasteiger partial charge in [0.25, 0.3) is 0 Å². The fourth-order valence-electron chi connectivity index (χ4n) is 2.51. The summed E-state index contributed by atoms with van der Waals surface area (Å²) >= 11 is 1.53. The van der Waals surface area contributed by atoms with E-state index in [2.05, 4.69) is 17.2 Å². The second-order valence-corrected chi connectivity index (χ2v) is 6.39. The maximum Gasteiger partial charge on any atom is 0.233 e. The molecule has 0 bridgehead atoms. The fourth-order valence-corrected chi connectivity index (χ4v) is 3.42. The number of ether oxygens (including phenoxy) is 1. The Balaban J connectivity index is 1.69. The zero-order valence-electron chi connectivity index (χ0n) is 12.2. The van der Waals surface area contributed by atoms with E-state index in [0.29, 0.717) is 18.2 Å². The molecule has 1 aliphatic heterocycles. The van der Waals surface area contributed by atoms with Gasteiger partial charge in [-0.3, -0.25) is 4.79 Å². The van der Waals surface area contributed by atoms with Gasteiger partial charge in [0, 0.05) is 4.88 Å². The summed E-state index contributed by atoms with van der Waals surface area (Å²) < 4.78 is 5.67. The number of aromatic nitrogens is 1. The Labute approximate surface area is 128 Å². The summed E-state index contributed by atoms with van der Waals surface area (Å²) in [4.78, 5) is 18.0. The first-order chi connectivity index (χ1) is 10.2. The molecule has 2 aromatic rings. The molecule has 0 radical (unpaired) electrons. The highest BCUT2D eigenvalue weighted by molar-refractivity contribution is 7.15. The van der Waals surface area contributed by atoms with E-state index in [9.17, 15) is 4.79 Å². The van der Waals surface area contributed by atoms with Crippen LogP contribution in [0.15, 0.2) is 24.3 Å². The molecule has 1 aromatic carbocycles. The van der Waals surface area contributed by atoms with Gasteiger partial charge in [-0.25, -0.2) is 4.98 Å². The molecule has 1 aromatic heterocycles. The first-order valence-electron chi connectivity index (χ1n) is 7.15. The molecule has 0 aliphatic carbocycles. The van der Waals surface area contributed by atoms with Crippen LogP contribution in [0.4, 0.5) is 5.13 Å². The number of anilines is 1. The maximum absolute atomic E-state index is 12.4. The summed E-state index contributed by atoms with van der Waals surface area (Å²) in [7, 11) is 0. The molecule has 0 spiro atoms. The average Bonchev–Trinajstić information content (AvgIpc) is 2.86. The van der Waals surface area contributed by atoms with Gasteiger partial charge in [-0.1, -0.05) is 25.1 Å². The Kier molecular flexibility index (Phi) is 3.92. The van der Waals surface area contributed by atoms with Crippen LogP contribution in [0.5, 0.6) is 5.75 Å². The van der Waals surface area contributed by atoms with Crippen molar-refractivity contribution < 1.29 is 9.53 Å². The van der Waals surface area contributed by atoms with Crippen LogP contribution >= 0.6 is 11.3 Å². The third-order valence-corrected chi connectivity index (χ3v) is 4.64. The van der Waals surface area contributed by atoms with Crippen molar-refractivity contribution >= 4 is 22.4 Å². The highest BCUT2D eigenvalue weighted by Gasteiger charge is 2.26. The third kappa shape index (κ3) is 2.93. The number of amides is 1. The summed E-state index contributed by atoms with van der Waals surface area (Å²) in [5.41, 5.74) is 2.15. The number of hydrogen-bond donors (Lipinski definition) is 1. The van der Waals surface area contributed by atoms with Crippen LogP contribution in [0.1, 0.15) is 23.1 Å². The minimum Gasteiger partial charge on any atom is -0.492 e. The molecule has 5 heteroatoms. The Morgan fingerprint density at radius 3 is 3.05 bits per heavy atom. The number of para-hydroxylation sites is 1. The molecule has 1 amide bonds. The normalized spacial score (nSPS) is 17.0. The fraction of sp³-hybridized carbons (Fsp3) is 0.375. The van der Waals surface area contributed by atoms with E-state index in [1.54, 1.807) is 0 Å². The van der Waals surface area contributed by atoms with Crippen molar-refractivity contribution in [3.05, 3.63) is 40.4 Å². The van der Waals surface area contributed by atoms with Crippen LogP contribution < -0.4 is 10.1 Å². The van der Waals surface area contributed by atoms with Gasteiger partial charge in [0.05, 0.1) is 11.6 Å². The number of nitrogens with one attached hydrogen (secondary N) is 1. The maximum atomic E-state index is 12.4. The molecule has 0 unspecified atom stereocenters. The lowest BCUT2D eigenvalue weighted by atomic mass is 9.96. The van der Waals surface area contributed by atoms with Gasteiger partial charge >= 0.3 is 0 Å². The van der Waals surface area contributed by atoms with Crippen molar-refractivity contribution in [1.82, 2.24) is 4.98 Å². The standard InChI is InChI=1S/C16H18N2O2S/c1-3-13-10(2)21-16(17-13)18-15(19)12-8-11-6-4-5-7-14(11)20-9-12/h4-7,12H,3,8-9H2,1-2H3,(H,17,18,19)/t12-/m0/s1. The second-order valence-electron chi connectivity index (χ2n) is 5.18. The van der Waals surface area contributed by atoms with E-state index in [-0.39, 0.29) is 11.8 Å². The number of nitrogens with zero attached hydrogens (tertiary/aromatic N) is 1. The number of fused-ring (bicyclic) bond motifs is 1. The number of rotatable bonds is 3.